The Bertz CT molecular complexity index is 1010. The molecule has 0 saturated carbocycles. The van der Waals surface area contributed by atoms with E-state index in [0.717, 1.165) is 5.56 Å². The van der Waals surface area contributed by atoms with Gasteiger partial charge < -0.3 is 22.1 Å². The van der Waals surface area contributed by atoms with Crippen LogP contribution in [0.3, 0.4) is 0 Å². The molecule has 0 bridgehead atoms. The van der Waals surface area contributed by atoms with Crippen molar-refractivity contribution in [2.75, 3.05) is 11.9 Å². The van der Waals surface area contributed by atoms with Crippen LogP contribution in [0, 0.1) is 17.8 Å². The van der Waals surface area contributed by atoms with Crippen LogP contribution in [0.25, 0.3) is 0 Å². The molecule has 168 valence electrons. The highest BCUT2D eigenvalue weighted by molar-refractivity contribution is 5.97. The molecule has 0 aliphatic rings. The highest BCUT2D eigenvalue weighted by atomic mass is 16.5. The summed E-state index contributed by atoms with van der Waals surface area (Å²) < 4.78 is 0. The van der Waals surface area contributed by atoms with Crippen molar-refractivity contribution in [3.63, 3.8) is 0 Å². The molecule has 0 aliphatic heterocycles. The first-order valence-corrected chi connectivity index (χ1v) is 9.98. The van der Waals surface area contributed by atoms with Gasteiger partial charge in [-0.1, -0.05) is 25.7 Å². The van der Waals surface area contributed by atoms with Crippen molar-refractivity contribution in [1.29, 1.82) is 0 Å². The summed E-state index contributed by atoms with van der Waals surface area (Å²) in [6, 6.07) is 11.9. The molecule has 9 heteroatoms. The summed E-state index contributed by atoms with van der Waals surface area (Å²) in [6.45, 7) is 3.61. The maximum atomic E-state index is 12.2. The molecule has 3 amide bonds. The molecule has 0 aromatic heterocycles. The van der Waals surface area contributed by atoms with Gasteiger partial charge in [0.05, 0.1) is 6.04 Å². The maximum absolute atomic E-state index is 12.2. The van der Waals surface area contributed by atoms with Crippen molar-refractivity contribution < 1.29 is 19.6 Å². The molecule has 0 unspecified atom stereocenters. The maximum Gasteiger partial charge on any atom is 0.267 e. The van der Waals surface area contributed by atoms with Crippen LogP contribution in [-0.2, 0) is 9.59 Å². The molecule has 2 aromatic carbocycles. The smallest absolute Gasteiger partial charge is 0.267 e. The third-order valence-electron chi connectivity index (χ3n) is 4.64. The molecule has 2 aromatic rings. The number of anilines is 1. The van der Waals surface area contributed by atoms with E-state index in [4.69, 9.17) is 16.7 Å². The Morgan fingerprint density at radius 1 is 0.938 bits per heavy atom. The Kier molecular flexibility index (Phi) is 8.92. The number of nitrogens with one attached hydrogen (secondary N) is 3. The number of hydroxylamine groups is 1. The summed E-state index contributed by atoms with van der Waals surface area (Å²) in [5.41, 5.74) is 15.1. The van der Waals surface area contributed by atoms with Crippen LogP contribution in [0.1, 0.15) is 35.3 Å². The van der Waals surface area contributed by atoms with E-state index in [2.05, 4.69) is 22.5 Å². The molecule has 0 radical (unpaired) electrons. The largest absolute Gasteiger partial charge is 0.339 e. The minimum atomic E-state index is -1.04. The van der Waals surface area contributed by atoms with Crippen LogP contribution in [0.2, 0.25) is 0 Å². The van der Waals surface area contributed by atoms with Crippen LogP contribution in [-0.4, -0.2) is 41.6 Å². The monoisotopic (exact) mass is 437 g/mol. The summed E-state index contributed by atoms with van der Waals surface area (Å²) in [7, 11) is 0. The fourth-order valence-electron chi connectivity index (χ4n) is 2.57. The lowest BCUT2D eigenvalue weighted by molar-refractivity contribution is -0.130. The van der Waals surface area contributed by atoms with E-state index in [1.54, 1.807) is 48.5 Å². The fraction of sp³-hybridized carbons (Fsp3) is 0.261. The van der Waals surface area contributed by atoms with Gasteiger partial charge in [0, 0.05) is 28.9 Å². The van der Waals surface area contributed by atoms with Crippen molar-refractivity contribution in [2.45, 2.75) is 25.9 Å². The number of nitrogens with two attached hydrogens (primary N) is 2. The van der Waals surface area contributed by atoms with Gasteiger partial charge in [-0.3, -0.25) is 19.6 Å². The lowest BCUT2D eigenvalue weighted by atomic mass is 10.0. The van der Waals surface area contributed by atoms with E-state index in [9.17, 15) is 14.4 Å². The predicted molar refractivity (Wildman–Crippen MR) is 121 cm³/mol. The first kappa shape index (κ1) is 24.6. The normalized spacial score (nSPS) is 12.2. The van der Waals surface area contributed by atoms with E-state index >= 15 is 0 Å². The highest BCUT2D eigenvalue weighted by Gasteiger charge is 2.19. The molecule has 0 spiro atoms. The Morgan fingerprint density at radius 2 is 1.47 bits per heavy atom. The standard InChI is InChI=1S/C23H27N5O4/c1-14(2)20(25)23(31)26-18-11-7-16(8-12-18)4-3-15-5-9-17(10-6-15)21(29)27-19(13-24)22(30)28-32/h5-12,14,19-20,32H,13,24-25H2,1-2H3,(H,26,31)(H,27,29)(H,28,30)/t19-,20-/m0/s1. The van der Waals surface area contributed by atoms with E-state index in [1.807, 2.05) is 13.8 Å². The van der Waals surface area contributed by atoms with Crippen LogP contribution in [0.15, 0.2) is 48.5 Å². The molecule has 0 fully saturated rings. The molecule has 9 nitrogen and oxygen atoms in total. The van der Waals surface area contributed by atoms with Crippen molar-refractivity contribution in [3.8, 4) is 11.8 Å². The van der Waals surface area contributed by atoms with Gasteiger partial charge in [-0.15, -0.1) is 0 Å². The minimum Gasteiger partial charge on any atom is -0.339 e. The fourth-order valence-corrected chi connectivity index (χ4v) is 2.57. The van der Waals surface area contributed by atoms with E-state index < -0.39 is 23.9 Å². The van der Waals surface area contributed by atoms with Gasteiger partial charge in [-0.25, -0.2) is 5.48 Å². The second kappa shape index (κ2) is 11.6. The lowest BCUT2D eigenvalue weighted by Crippen LogP contribution is -2.50. The number of hydrogen-bond acceptors (Lipinski definition) is 6. The first-order valence-electron chi connectivity index (χ1n) is 9.98. The molecule has 32 heavy (non-hydrogen) atoms. The summed E-state index contributed by atoms with van der Waals surface area (Å²) in [6.07, 6.45) is 0. The average molecular weight is 438 g/mol. The molecule has 2 atom stereocenters. The Labute approximate surface area is 186 Å². The second-order valence-corrected chi connectivity index (χ2v) is 7.40. The molecule has 0 aliphatic carbocycles. The van der Waals surface area contributed by atoms with E-state index in [1.165, 1.54) is 5.48 Å². The summed E-state index contributed by atoms with van der Waals surface area (Å²) in [4.78, 5) is 35.6. The summed E-state index contributed by atoms with van der Waals surface area (Å²) in [5, 5.41) is 13.9. The average Bonchev–Trinajstić information content (AvgIpc) is 2.81. The zero-order valence-electron chi connectivity index (χ0n) is 17.9. The van der Waals surface area contributed by atoms with E-state index in [-0.39, 0.29) is 18.4 Å². The zero-order chi connectivity index (χ0) is 23.7. The zero-order valence-corrected chi connectivity index (χ0v) is 17.9. The number of benzene rings is 2. The van der Waals surface area contributed by atoms with E-state index in [0.29, 0.717) is 16.8 Å². The molecule has 0 saturated heterocycles. The third kappa shape index (κ3) is 6.92. The van der Waals surface area contributed by atoms with Gasteiger partial charge in [-0.2, -0.15) is 0 Å². The summed E-state index contributed by atoms with van der Waals surface area (Å²) in [5.74, 6) is 4.51. The number of hydrogen-bond donors (Lipinski definition) is 6. The first-order chi connectivity index (χ1) is 15.2. The predicted octanol–water partition coefficient (Wildman–Crippen LogP) is 0.571. The van der Waals surface area contributed by atoms with Crippen LogP contribution in [0.5, 0.6) is 0 Å². The number of carbonyl (C=O) groups is 3. The van der Waals surface area contributed by atoms with Gasteiger partial charge >= 0.3 is 0 Å². The topological polar surface area (TPSA) is 160 Å². The summed E-state index contributed by atoms with van der Waals surface area (Å²) >= 11 is 0. The van der Waals surface area contributed by atoms with Crippen molar-refractivity contribution in [2.24, 2.45) is 17.4 Å². The number of amides is 3. The SMILES string of the molecule is CC(C)[C@H](N)C(=O)Nc1ccc(C#Cc2ccc(C(=O)N[C@@H](CN)C(=O)NO)cc2)cc1. The third-order valence-corrected chi connectivity index (χ3v) is 4.64. The van der Waals surface area contributed by atoms with Crippen molar-refractivity contribution in [1.82, 2.24) is 10.8 Å². The molecular formula is C23H27N5O4. The molecular weight excluding hydrogens is 410 g/mol. The van der Waals surface area contributed by atoms with Gasteiger partial charge in [0.25, 0.3) is 11.8 Å². The van der Waals surface area contributed by atoms with Crippen LogP contribution >= 0.6 is 0 Å². The Hall–Kier alpha value is -3.71. The van der Waals surface area contributed by atoms with Crippen molar-refractivity contribution in [3.05, 3.63) is 65.2 Å². The second-order valence-electron chi connectivity index (χ2n) is 7.40. The lowest BCUT2D eigenvalue weighted by Gasteiger charge is -2.15. The molecule has 8 N–H and O–H groups in total. The van der Waals surface area contributed by atoms with Crippen LogP contribution < -0.4 is 27.6 Å². The minimum absolute atomic E-state index is 0.0414. The van der Waals surface area contributed by atoms with Gasteiger partial charge in [0.15, 0.2) is 0 Å². The van der Waals surface area contributed by atoms with Gasteiger partial charge in [0.2, 0.25) is 5.91 Å². The molecule has 2 rings (SSSR count). The van der Waals surface area contributed by atoms with Crippen molar-refractivity contribution >= 4 is 23.4 Å². The van der Waals surface area contributed by atoms with Gasteiger partial charge in [-0.05, 0) is 54.4 Å². The quantitative estimate of drug-likeness (QED) is 0.211. The van der Waals surface area contributed by atoms with Crippen LogP contribution in [0.4, 0.5) is 5.69 Å². The van der Waals surface area contributed by atoms with Gasteiger partial charge in [0.1, 0.15) is 6.04 Å². The number of rotatable bonds is 7. The highest BCUT2D eigenvalue weighted by Crippen LogP contribution is 2.11. The Balaban J connectivity index is 2.00. The molecule has 0 heterocycles. The Morgan fingerprint density at radius 3 is 1.94 bits per heavy atom. The number of carbonyl (C=O) groups excluding carboxylic acids is 3.